The number of amides is 1. The third kappa shape index (κ3) is 4.33. The molecular weight excluding hydrogens is 463 g/mol. The molecule has 148 valence electrons. The van der Waals surface area contributed by atoms with E-state index in [0.29, 0.717) is 36.2 Å². The Kier molecular flexibility index (Phi) is 6.16. The van der Waals surface area contributed by atoms with E-state index in [4.69, 9.17) is 27.9 Å². The van der Waals surface area contributed by atoms with Crippen LogP contribution >= 0.6 is 39.1 Å². The van der Waals surface area contributed by atoms with Gasteiger partial charge < -0.3 is 14.5 Å². The SMILES string of the molecule is O=C(CC1OCCc2cc(Br)ccc21)N1CCN(c2ccc(Cl)c(Cl)c2)CC1. The van der Waals surface area contributed by atoms with Crippen molar-refractivity contribution in [2.45, 2.75) is 18.9 Å². The lowest BCUT2D eigenvalue weighted by molar-refractivity contribution is -0.135. The Bertz CT molecular complexity index is 885. The molecular formula is C21H21BrCl2N2O2. The number of carbonyl (C=O) groups excluding carboxylic acids is 1. The number of hydrogen-bond donors (Lipinski definition) is 0. The van der Waals surface area contributed by atoms with Crippen molar-refractivity contribution in [1.29, 1.82) is 0 Å². The van der Waals surface area contributed by atoms with Crippen LogP contribution in [-0.2, 0) is 16.0 Å². The highest BCUT2D eigenvalue weighted by Gasteiger charge is 2.28. The zero-order valence-corrected chi connectivity index (χ0v) is 18.4. The summed E-state index contributed by atoms with van der Waals surface area (Å²) in [5, 5.41) is 1.11. The maximum Gasteiger partial charge on any atom is 0.225 e. The van der Waals surface area contributed by atoms with E-state index in [0.717, 1.165) is 35.2 Å². The predicted octanol–water partition coefficient (Wildman–Crippen LogP) is 5.11. The first-order valence-electron chi connectivity index (χ1n) is 9.39. The molecule has 0 spiro atoms. The van der Waals surface area contributed by atoms with Crippen LogP contribution in [0.2, 0.25) is 10.0 Å². The lowest BCUT2D eigenvalue weighted by atomic mass is 9.95. The topological polar surface area (TPSA) is 32.8 Å². The molecule has 0 aromatic heterocycles. The number of anilines is 1. The standard InChI is InChI=1S/C21H21BrCl2N2O2/c22-15-1-3-17-14(11-15)5-10-28-20(17)13-21(27)26-8-6-25(7-9-26)16-2-4-18(23)19(24)12-16/h1-4,11-12,20H,5-10,13H2. The molecule has 0 radical (unpaired) electrons. The Morgan fingerprint density at radius 1 is 1.07 bits per heavy atom. The van der Waals surface area contributed by atoms with E-state index in [2.05, 4.69) is 33.0 Å². The smallest absolute Gasteiger partial charge is 0.225 e. The van der Waals surface area contributed by atoms with Gasteiger partial charge in [-0.2, -0.15) is 0 Å². The fraction of sp³-hybridized carbons (Fsp3) is 0.381. The van der Waals surface area contributed by atoms with Crippen LogP contribution in [0.1, 0.15) is 23.7 Å². The van der Waals surface area contributed by atoms with Crippen molar-refractivity contribution < 1.29 is 9.53 Å². The number of halogens is 3. The Morgan fingerprint density at radius 2 is 1.86 bits per heavy atom. The van der Waals surface area contributed by atoms with Crippen LogP contribution in [0.15, 0.2) is 40.9 Å². The highest BCUT2D eigenvalue weighted by atomic mass is 79.9. The van der Waals surface area contributed by atoms with Crippen molar-refractivity contribution in [3.63, 3.8) is 0 Å². The first-order valence-corrected chi connectivity index (χ1v) is 10.9. The number of benzene rings is 2. The minimum absolute atomic E-state index is 0.148. The highest BCUT2D eigenvalue weighted by molar-refractivity contribution is 9.10. The molecule has 2 aromatic carbocycles. The van der Waals surface area contributed by atoms with Gasteiger partial charge in [0, 0.05) is 36.3 Å². The average molecular weight is 484 g/mol. The zero-order valence-electron chi connectivity index (χ0n) is 15.3. The van der Waals surface area contributed by atoms with E-state index in [9.17, 15) is 4.79 Å². The summed E-state index contributed by atoms with van der Waals surface area (Å²) < 4.78 is 6.99. The second-order valence-electron chi connectivity index (χ2n) is 7.12. The summed E-state index contributed by atoms with van der Waals surface area (Å²) in [6.07, 6.45) is 1.13. The number of hydrogen-bond acceptors (Lipinski definition) is 3. The molecule has 2 aliphatic heterocycles. The van der Waals surface area contributed by atoms with Crippen LogP contribution in [0.25, 0.3) is 0 Å². The van der Waals surface area contributed by atoms with Gasteiger partial charge in [-0.1, -0.05) is 45.2 Å². The van der Waals surface area contributed by atoms with Crippen molar-refractivity contribution in [2.24, 2.45) is 0 Å². The fourth-order valence-electron chi connectivity index (χ4n) is 3.86. The van der Waals surface area contributed by atoms with Gasteiger partial charge in [0.05, 0.1) is 29.2 Å². The molecule has 4 nitrogen and oxygen atoms in total. The third-order valence-corrected chi connectivity index (χ3v) is 6.64. The maximum atomic E-state index is 12.9. The molecule has 1 unspecified atom stereocenters. The number of nitrogens with zero attached hydrogens (tertiary/aromatic N) is 2. The lowest BCUT2D eigenvalue weighted by Crippen LogP contribution is -2.49. The van der Waals surface area contributed by atoms with Gasteiger partial charge in [0.1, 0.15) is 0 Å². The van der Waals surface area contributed by atoms with Crippen LogP contribution in [0.4, 0.5) is 5.69 Å². The first-order chi connectivity index (χ1) is 13.5. The fourth-order valence-corrected chi connectivity index (χ4v) is 4.56. The van der Waals surface area contributed by atoms with Crippen LogP contribution < -0.4 is 4.90 Å². The van der Waals surface area contributed by atoms with E-state index in [1.54, 1.807) is 0 Å². The van der Waals surface area contributed by atoms with E-state index in [1.807, 2.05) is 29.2 Å². The Morgan fingerprint density at radius 3 is 2.61 bits per heavy atom. The summed E-state index contributed by atoms with van der Waals surface area (Å²) in [7, 11) is 0. The Balaban J connectivity index is 1.37. The minimum atomic E-state index is -0.155. The van der Waals surface area contributed by atoms with E-state index in [-0.39, 0.29) is 12.0 Å². The van der Waals surface area contributed by atoms with Crippen LogP contribution in [0.3, 0.4) is 0 Å². The quantitative estimate of drug-likeness (QED) is 0.608. The number of ether oxygens (including phenoxy) is 1. The van der Waals surface area contributed by atoms with Gasteiger partial charge in [0.15, 0.2) is 0 Å². The summed E-state index contributed by atoms with van der Waals surface area (Å²) in [5.74, 6) is 0.148. The summed E-state index contributed by atoms with van der Waals surface area (Å²) in [5.41, 5.74) is 3.44. The van der Waals surface area contributed by atoms with Gasteiger partial charge in [-0.15, -0.1) is 0 Å². The Hall–Kier alpha value is -1.27. The highest BCUT2D eigenvalue weighted by Crippen LogP contribution is 2.32. The average Bonchev–Trinajstić information content (AvgIpc) is 2.70. The molecule has 2 aromatic rings. The number of piperazine rings is 1. The molecule has 0 aliphatic carbocycles. The van der Waals surface area contributed by atoms with Crippen LogP contribution in [-0.4, -0.2) is 43.6 Å². The molecule has 1 amide bonds. The number of rotatable bonds is 3. The van der Waals surface area contributed by atoms with Gasteiger partial charge in [-0.05, 0) is 47.9 Å². The molecule has 1 saturated heterocycles. The minimum Gasteiger partial charge on any atom is -0.373 e. The van der Waals surface area contributed by atoms with Gasteiger partial charge in [-0.3, -0.25) is 4.79 Å². The van der Waals surface area contributed by atoms with Crippen molar-refractivity contribution in [3.05, 3.63) is 62.0 Å². The van der Waals surface area contributed by atoms with Crippen molar-refractivity contribution in [3.8, 4) is 0 Å². The second kappa shape index (κ2) is 8.62. The summed E-state index contributed by atoms with van der Waals surface area (Å²) >= 11 is 15.7. The molecule has 0 bridgehead atoms. The molecule has 0 N–H and O–H groups in total. The normalized spacial score (nSPS) is 19.5. The summed E-state index contributed by atoms with van der Waals surface area (Å²) in [6, 6.07) is 11.9. The third-order valence-electron chi connectivity index (χ3n) is 5.40. The Labute approximate surface area is 183 Å². The monoisotopic (exact) mass is 482 g/mol. The molecule has 1 fully saturated rings. The van der Waals surface area contributed by atoms with Crippen molar-refractivity contribution in [2.75, 3.05) is 37.7 Å². The van der Waals surface area contributed by atoms with Gasteiger partial charge in [0.2, 0.25) is 5.91 Å². The number of fused-ring (bicyclic) bond motifs is 1. The zero-order chi connectivity index (χ0) is 19.7. The number of carbonyl (C=O) groups is 1. The molecule has 2 aliphatic rings. The lowest BCUT2D eigenvalue weighted by Gasteiger charge is -2.37. The van der Waals surface area contributed by atoms with Crippen molar-refractivity contribution in [1.82, 2.24) is 4.90 Å². The summed E-state index contributed by atoms with van der Waals surface area (Å²) in [6.45, 7) is 3.60. The predicted molar refractivity (Wildman–Crippen MR) is 116 cm³/mol. The second-order valence-corrected chi connectivity index (χ2v) is 8.85. The van der Waals surface area contributed by atoms with Gasteiger partial charge in [-0.25, -0.2) is 0 Å². The maximum absolute atomic E-state index is 12.9. The van der Waals surface area contributed by atoms with E-state index < -0.39 is 0 Å². The molecule has 4 rings (SSSR count). The molecule has 2 heterocycles. The van der Waals surface area contributed by atoms with Gasteiger partial charge in [0.25, 0.3) is 0 Å². The molecule has 0 saturated carbocycles. The van der Waals surface area contributed by atoms with E-state index >= 15 is 0 Å². The van der Waals surface area contributed by atoms with Crippen LogP contribution in [0.5, 0.6) is 0 Å². The molecule has 7 heteroatoms. The van der Waals surface area contributed by atoms with Crippen molar-refractivity contribution >= 4 is 50.7 Å². The summed E-state index contributed by atoms with van der Waals surface area (Å²) in [4.78, 5) is 17.0. The first kappa shape index (κ1) is 20.0. The molecule has 28 heavy (non-hydrogen) atoms. The van der Waals surface area contributed by atoms with Gasteiger partial charge >= 0.3 is 0 Å². The van der Waals surface area contributed by atoms with E-state index in [1.165, 1.54) is 5.56 Å². The molecule has 1 atom stereocenters. The largest absolute Gasteiger partial charge is 0.373 e. The van der Waals surface area contributed by atoms with Crippen LogP contribution in [0, 0.1) is 0 Å².